The lowest BCUT2D eigenvalue weighted by Crippen LogP contribution is -2.51. The highest BCUT2D eigenvalue weighted by Crippen LogP contribution is 2.32. The number of piperazine rings is 1. The summed E-state index contributed by atoms with van der Waals surface area (Å²) in [5, 5.41) is 14.5. The zero-order chi connectivity index (χ0) is 25.2. The molecule has 2 aliphatic rings. The second-order valence-electron chi connectivity index (χ2n) is 10.2. The highest BCUT2D eigenvalue weighted by Gasteiger charge is 2.30. The Hall–Kier alpha value is -3.62. The number of nitrogens with zero attached hydrogens (tertiary/aromatic N) is 4. The van der Waals surface area contributed by atoms with Crippen LogP contribution in [0, 0.1) is 15.5 Å². The van der Waals surface area contributed by atoms with E-state index in [0.29, 0.717) is 24.5 Å². The second kappa shape index (κ2) is 9.93. The van der Waals surface area contributed by atoms with Crippen LogP contribution in [0.3, 0.4) is 0 Å². The lowest BCUT2D eigenvalue weighted by molar-refractivity contribution is -0.384. The van der Waals surface area contributed by atoms with Crippen molar-refractivity contribution in [3.05, 3.63) is 58.1 Å². The maximum atomic E-state index is 12.8. The van der Waals surface area contributed by atoms with Crippen molar-refractivity contribution in [1.29, 1.82) is 0 Å². The minimum absolute atomic E-state index is 0.0426. The first-order chi connectivity index (χ1) is 16.6. The van der Waals surface area contributed by atoms with Gasteiger partial charge in [0.25, 0.3) is 11.6 Å². The van der Waals surface area contributed by atoms with Gasteiger partial charge in [0.15, 0.2) is 0 Å². The molecule has 0 spiro atoms. The highest BCUT2D eigenvalue weighted by atomic mass is 16.6. The third-order valence-electron chi connectivity index (χ3n) is 6.58. The molecule has 9 nitrogen and oxygen atoms in total. The first kappa shape index (κ1) is 24.5. The summed E-state index contributed by atoms with van der Waals surface area (Å²) in [6.45, 7) is 10.3. The molecule has 2 aromatic carbocycles. The van der Waals surface area contributed by atoms with Gasteiger partial charge < -0.3 is 20.0 Å². The van der Waals surface area contributed by atoms with E-state index in [2.05, 4.69) is 10.2 Å². The van der Waals surface area contributed by atoms with Gasteiger partial charge >= 0.3 is 0 Å². The predicted molar refractivity (Wildman–Crippen MR) is 137 cm³/mol. The summed E-state index contributed by atoms with van der Waals surface area (Å²) in [7, 11) is 0. The van der Waals surface area contributed by atoms with E-state index >= 15 is 0 Å². The number of nitro groups is 1. The van der Waals surface area contributed by atoms with Crippen molar-refractivity contribution in [2.75, 3.05) is 54.4 Å². The Morgan fingerprint density at radius 3 is 2.09 bits per heavy atom. The van der Waals surface area contributed by atoms with Gasteiger partial charge in [-0.05, 0) is 49.2 Å². The molecule has 4 rings (SSSR count). The van der Waals surface area contributed by atoms with Gasteiger partial charge in [0, 0.05) is 67.7 Å². The van der Waals surface area contributed by atoms with E-state index in [1.54, 1.807) is 12.1 Å². The summed E-state index contributed by atoms with van der Waals surface area (Å²) >= 11 is 0. The van der Waals surface area contributed by atoms with Crippen molar-refractivity contribution in [1.82, 2.24) is 4.90 Å². The third-order valence-corrected chi connectivity index (χ3v) is 6.58. The van der Waals surface area contributed by atoms with Crippen LogP contribution in [0.1, 0.15) is 44.0 Å². The topological polar surface area (TPSA) is 99.0 Å². The Morgan fingerprint density at radius 2 is 1.51 bits per heavy atom. The smallest absolute Gasteiger partial charge is 0.293 e. The number of nitrogens with one attached hydrogen (secondary N) is 1. The van der Waals surface area contributed by atoms with Crippen LogP contribution in [0.5, 0.6) is 0 Å². The summed E-state index contributed by atoms with van der Waals surface area (Å²) in [6, 6.07) is 12.2. The molecule has 0 radical (unpaired) electrons. The number of rotatable bonds is 5. The molecule has 1 N–H and O–H groups in total. The maximum Gasteiger partial charge on any atom is 0.293 e. The standard InChI is InChI=1S/C26H33N5O4/c1-26(2,3)25(33)30-16-14-28(15-17-30)21-9-7-20(8-10-21)27-24(32)19-6-11-22(23(18-19)31(34)35)29-12-4-5-13-29/h6-11,18H,4-5,12-17H2,1-3H3,(H,27,32). The van der Waals surface area contributed by atoms with Crippen LogP contribution in [0.4, 0.5) is 22.7 Å². The average Bonchev–Trinajstić information content (AvgIpc) is 3.38. The summed E-state index contributed by atoms with van der Waals surface area (Å²) in [6.07, 6.45) is 2.03. The molecule has 0 aliphatic carbocycles. The minimum atomic E-state index is -0.423. The fourth-order valence-electron chi connectivity index (χ4n) is 4.64. The van der Waals surface area contributed by atoms with Crippen LogP contribution < -0.4 is 15.1 Å². The van der Waals surface area contributed by atoms with E-state index in [4.69, 9.17) is 0 Å². The second-order valence-corrected chi connectivity index (χ2v) is 10.2. The van der Waals surface area contributed by atoms with Crippen molar-refractivity contribution in [3.8, 4) is 0 Å². The molecule has 2 fully saturated rings. The Kier molecular flexibility index (Phi) is 6.95. The quantitative estimate of drug-likeness (QED) is 0.511. The Bertz CT molecular complexity index is 1100. The SMILES string of the molecule is CC(C)(C)C(=O)N1CCN(c2ccc(NC(=O)c3ccc(N4CCCC4)c([N+](=O)[O-])c3)cc2)CC1. The number of nitro benzene ring substituents is 1. The number of hydrogen-bond donors (Lipinski definition) is 1. The molecule has 0 aromatic heterocycles. The van der Waals surface area contributed by atoms with Gasteiger partial charge in [-0.15, -0.1) is 0 Å². The molecule has 2 amide bonds. The molecule has 2 heterocycles. The normalized spacial score (nSPS) is 16.4. The van der Waals surface area contributed by atoms with Gasteiger partial charge in [-0.3, -0.25) is 19.7 Å². The Balaban J connectivity index is 1.38. The summed E-state index contributed by atoms with van der Waals surface area (Å²) < 4.78 is 0. The number of carbonyl (C=O) groups excluding carboxylic acids is 2. The molecule has 9 heteroatoms. The van der Waals surface area contributed by atoms with Crippen molar-refractivity contribution in [2.24, 2.45) is 5.41 Å². The van der Waals surface area contributed by atoms with E-state index in [9.17, 15) is 19.7 Å². The van der Waals surface area contributed by atoms with E-state index in [0.717, 1.165) is 44.7 Å². The van der Waals surface area contributed by atoms with Crippen LogP contribution >= 0.6 is 0 Å². The average molecular weight is 480 g/mol. The molecule has 0 bridgehead atoms. The summed E-state index contributed by atoms with van der Waals surface area (Å²) in [5.41, 5.74) is 2.04. The van der Waals surface area contributed by atoms with E-state index in [1.807, 2.05) is 54.8 Å². The van der Waals surface area contributed by atoms with Crippen LogP contribution in [0.15, 0.2) is 42.5 Å². The van der Waals surface area contributed by atoms with Crippen molar-refractivity contribution >= 4 is 34.6 Å². The molecular weight excluding hydrogens is 446 g/mol. The molecule has 2 saturated heterocycles. The lowest BCUT2D eigenvalue weighted by atomic mass is 9.94. The minimum Gasteiger partial charge on any atom is -0.368 e. The number of carbonyl (C=O) groups is 2. The largest absolute Gasteiger partial charge is 0.368 e. The highest BCUT2D eigenvalue weighted by molar-refractivity contribution is 6.05. The van der Waals surface area contributed by atoms with E-state index < -0.39 is 4.92 Å². The van der Waals surface area contributed by atoms with Crippen molar-refractivity contribution < 1.29 is 14.5 Å². The van der Waals surface area contributed by atoms with Crippen LogP contribution in [-0.2, 0) is 4.79 Å². The number of hydrogen-bond acceptors (Lipinski definition) is 6. The molecule has 2 aromatic rings. The molecule has 2 aliphatic heterocycles. The molecule has 35 heavy (non-hydrogen) atoms. The molecule has 0 unspecified atom stereocenters. The monoisotopic (exact) mass is 479 g/mol. The Labute approximate surface area is 205 Å². The van der Waals surface area contributed by atoms with Crippen molar-refractivity contribution in [2.45, 2.75) is 33.6 Å². The molecular formula is C26H33N5O4. The van der Waals surface area contributed by atoms with Gasteiger partial charge in [-0.25, -0.2) is 0 Å². The molecule has 0 saturated carbocycles. The van der Waals surface area contributed by atoms with Gasteiger partial charge in [0.05, 0.1) is 4.92 Å². The van der Waals surface area contributed by atoms with Crippen LogP contribution in [0.25, 0.3) is 0 Å². The fourth-order valence-corrected chi connectivity index (χ4v) is 4.64. The van der Waals surface area contributed by atoms with Gasteiger partial charge in [-0.1, -0.05) is 20.8 Å². The first-order valence-corrected chi connectivity index (χ1v) is 12.1. The van der Waals surface area contributed by atoms with Gasteiger partial charge in [-0.2, -0.15) is 0 Å². The zero-order valence-electron chi connectivity index (χ0n) is 20.6. The van der Waals surface area contributed by atoms with Crippen LogP contribution in [0.2, 0.25) is 0 Å². The van der Waals surface area contributed by atoms with Gasteiger partial charge in [0.2, 0.25) is 5.91 Å². The maximum absolute atomic E-state index is 12.8. The zero-order valence-corrected chi connectivity index (χ0v) is 20.6. The number of anilines is 3. The summed E-state index contributed by atoms with van der Waals surface area (Å²) in [4.78, 5) is 42.6. The number of amides is 2. The van der Waals surface area contributed by atoms with Crippen molar-refractivity contribution in [3.63, 3.8) is 0 Å². The molecule has 0 atom stereocenters. The van der Waals surface area contributed by atoms with E-state index in [1.165, 1.54) is 6.07 Å². The molecule has 186 valence electrons. The Morgan fingerprint density at radius 1 is 0.886 bits per heavy atom. The third kappa shape index (κ3) is 5.55. The van der Waals surface area contributed by atoms with Gasteiger partial charge in [0.1, 0.15) is 5.69 Å². The van der Waals surface area contributed by atoms with Crippen LogP contribution in [-0.4, -0.2) is 60.9 Å². The lowest BCUT2D eigenvalue weighted by Gasteiger charge is -2.38. The van der Waals surface area contributed by atoms with E-state index in [-0.39, 0.29) is 28.5 Å². The fraction of sp³-hybridized carbons (Fsp3) is 0.462. The first-order valence-electron chi connectivity index (χ1n) is 12.1. The predicted octanol–water partition coefficient (Wildman–Crippen LogP) is 4.14. The number of benzene rings is 2. The summed E-state index contributed by atoms with van der Waals surface area (Å²) in [5.74, 6) is -0.216.